The number of carbonyl (C=O) groups is 1. The summed E-state index contributed by atoms with van der Waals surface area (Å²) in [6.45, 7) is 0. The molecule has 0 amide bonds. The Balaban J connectivity index is 2.42. The third-order valence-corrected chi connectivity index (χ3v) is 3.77. The third kappa shape index (κ3) is 2.46. The molecule has 1 heterocycles. The number of phenolic OH excluding ortho intramolecular Hbond substituents is 1. The van der Waals surface area contributed by atoms with Crippen molar-refractivity contribution in [1.82, 2.24) is 0 Å². The molecule has 102 valence electrons. The number of ether oxygens (including phenoxy) is 2. The molecule has 7 heteroatoms. The van der Waals surface area contributed by atoms with E-state index >= 15 is 0 Å². The Morgan fingerprint density at radius 2 is 2.16 bits per heavy atom. The van der Waals surface area contributed by atoms with Gasteiger partial charge in [-0.25, -0.2) is 4.79 Å². The Bertz CT molecular complexity index is 543. The highest BCUT2D eigenvalue weighted by Gasteiger charge is 2.28. The number of phenols is 1. The fourth-order valence-electron chi connectivity index (χ4n) is 1.73. The Morgan fingerprint density at radius 1 is 1.42 bits per heavy atom. The van der Waals surface area contributed by atoms with E-state index < -0.39 is 12.0 Å². The highest BCUT2D eigenvalue weighted by Crippen LogP contribution is 2.41. The molecular weight excluding hydrogens is 270 g/mol. The van der Waals surface area contributed by atoms with Gasteiger partial charge in [0.15, 0.2) is 17.5 Å². The van der Waals surface area contributed by atoms with Gasteiger partial charge in [0, 0.05) is 5.75 Å². The molecule has 0 spiro atoms. The van der Waals surface area contributed by atoms with Crippen LogP contribution in [0.25, 0.3) is 0 Å². The molecule has 6 nitrogen and oxygen atoms in total. The van der Waals surface area contributed by atoms with Crippen LogP contribution in [0, 0.1) is 0 Å². The Morgan fingerprint density at radius 3 is 2.68 bits per heavy atom. The van der Waals surface area contributed by atoms with E-state index in [4.69, 9.17) is 14.6 Å². The molecule has 1 unspecified atom stereocenters. The van der Waals surface area contributed by atoms with Crippen molar-refractivity contribution in [3.05, 3.63) is 17.7 Å². The number of hydrogen-bond acceptors (Lipinski definition) is 6. The summed E-state index contributed by atoms with van der Waals surface area (Å²) < 4.78 is 10.2. The lowest BCUT2D eigenvalue weighted by Gasteiger charge is -2.12. The van der Waals surface area contributed by atoms with Gasteiger partial charge in [-0.2, -0.15) is 0 Å². The minimum absolute atomic E-state index is 0.0980. The van der Waals surface area contributed by atoms with Crippen LogP contribution >= 0.6 is 11.8 Å². The van der Waals surface area contributed by atoms with Crippen LogP contribution < -0.4 is 9.47 Å². The number of nitrogens with zero attached hydrogens (tertiary/aromatic N) is 1. The summed E-state index contributed by atoms with van der Waals surface area (Å²) in [4.78, 5) is 14.9. The number of thioether (sulfide) groups is 1. The van der Waals surface area contributed by atoms with Crippen molar-refractivity contribution >= 4 is 22.8 Å². The zero-order valence-corrected chi connectivity index (χ0v) is 11.2. The van der Waals surface area contributed by atoms with Crippen LogP contribution in [0.4, 0.5) is 0 Å². The molecule has 2 rings (SSSR count). The van der Waals surface area contributed by atoms with E-state index in [1.807, 2.05) is 0 Å². The average Bonchev–Trinajstić information content (AvgIpc) is 2.87. The molecule has 1 atom stereocenters. The zero-order chi connectivity index (χ0) is 14.0. The summed E-state index contributed by atoms with van der Waals surface area (Å²) >= 11 is 1.29. The van der Waals surface area contributed by atoms with Crippen LogP contribution in [0.1, 0.15) is 5.56 Å². The molecule has 0 aliphatic carbocycles. The summed E-state index contributed by atoms with van der Waals surface area (Å²) in [6, 6.07) is 2.50. The van der Waals surface area contributed by atoms with Gasteiger partial charge < -0.3 is 19.7 Å². The predicted octanol–water partition coefficient (Wildman–Crippen LogP) is 1.36. The van der Waals surface area contributed by atoms with Crippen molar-refractivity contribution in [1.29, 1.82) is 0 Å². The number of hydrogen-bond donors (Lipinski definition) is 2. The first-order valence-corrected chi connectivity index (χ1v) is 6.44. The molecule has 1 aliphatic heterocycles. The van der Waals surface area contributed by atoms with Gasteiger partial charge >= 0.3 is 5.97 Å². The molecule has 1 aliphatic rings. The van der Waals surface area contributed by atoms with Crippen molar-refractivity contribution in [3.8, 4) is 17.2 Å². The van der Waals surface area contributed by atoms with E-state index in [0.717, 1.165) is 0 Å². The molecule has 0 fully saturated rings. The van der Waals surface area contributed by atoms with Gasteiger partial charge in [0.1, 0.15) is 5.04 Å². The largest absolute Gasteiger partial charge is 0.504 e. The standard InChI is InChI=1S/C12H13NO5S/c1-17-8-4-3-6(9(14)10(8)18-2)11-13-7(5-19-11)12(15)16/h3-4,7,14H,5H2,1-2H3,(H,15,16). The summed E-state index contributed by atoms with van der Waals surface area (Å²) in [5.41, 5.74) is 0.450. The molecule has 0 saturated carbocycles. The van der Waals surface area contributed by atoms with Gasteiger partial charge in [0.2, 0.25) is 5.75 Å². The van der Waals surface area contributed by atoms with E-state index in [0.29, 0.717) is 22.1 Å². The van der Waals surface area contributed by atoms with Gasteiger partial charge in [-0.3, -0.25) is 4.99 Å². The van der Waals surface area contributed by atoms with Crippen LogP contribution in [0.2, 0.25) is 0 Å². The number of aromatic hydroxyl groups is 1. The van der Waals surface area contributed by atoms with Gasteiger partial charge in [0.05, 0.1) is 19.8 Å². The van der Waals surface area contributed by atoms with Crippen LogP contribution in [-0.4, -0.2) is 47.2 Å². The molecule has 1 aromatic rings. The molecule has 1 aromatic carbocycles. The predicted molar refractivity (Wildman–Crippen MR) is 71.6 cm³/mol. The highest BCUT2D eigenvalue weighted by atomic mass is 32.2. The first kappa shape index (κ1) is 13.5. The van der Waals surface area contributed by atoms with Crippen molar-refractivity contribution in [3.63, 3.8) is 0 Å². The highest BCUT2D eigenvalue weighted by molar-refractivity contribution is 8.14. The van der Waals surface area contributed by atoms with Crippen LogP contribution in [-0.2, 0) is 4.79 Å². The monoisotopic (exact) mass is 283 g/mol. The van der Waals surface area contributed by atoms with Crippen molar-refractivity contribution in [2.45, 2.75) is 6.04 Å². The normalized spacial score (nSPS) is 18.0. The van der Waals surface area contributed by atoms with Crippen LogP contribution in [0.3, 0.4) is 0 Å². The van der Waals surface area contributed by atoms with Crippen LogP contribution in [0.15, 0.2) is 17.1 Å². The second-order valence-corrected chi connectivity index (χ2v) is 4.81. The molecule has 0 radical (unpaired) electrons. The fraction of sp³-hybridized carbons (Fsp3) is 0.333. The number of aliphatic carboxylic acids is 1. The van der Waals surface area contributed by atoms with Crippen molar-refractivity contribution in [2.24, 2.45) is 4.99 Å². The number of carboxylic acids is 1. The molecule has 0 bridgehead atoms. The first-order chi connectivity index (χ1) is 9.08. The minimum Gasteiger partial charge on any atom is -0.504 e. The number of methoxy groups -OCH3 is 2. The summed E-state index contributed by atoms with van der Waals surface area (Å²) in [5, 5.41) is 19.5. The molecule has 19 heavy (non-hydrogen) atoms. The maximum absolute atomic E-state index is 10.9. The smallest absolute Gasteiger partial charge is 0.329 e. The lowest BCUT2D eigenvalue weighted by atomic mass is 10.2. The van der Waals surface area contributed by atoms with Crippen LogP contribution in [0.5, 0.6) is 17.2 Å². The first-order valence-electron chi connectivity index (χ1n) is 5.46. The number of aliphatic imine (C=N–C) groups is 1. The summed E-state index contributed by atoms with van der Waals surface area (Å²) in [5.74, 6) is -0.0934. The lowest BCUT2D eigenvalue weighted by molar-refractivity contribution is -0.137. The van der Waals surface area contributed by atoms with Gasteiger partial charge in [-0.05, 0) is 12.1 Å². The number of carboxylic acid groups (broad SMARTS) is 1. The minimum atomic E-state index is -0.970. The van der Waals surface area contributed by atoms with Gasteiger partial charge in [-0.1, -0.05) is 0 Å². The van der Waals surface area contributed by atoms with Crippen molar-refractivity contribution < 1.29 is 24.5 Å². The maximum Gasteiger partial charge on any atom is 0.329 e. The second kappa shape index (κ2) is 5.40. The van der Waals surface area contributed by atoms with E-state index in [-0.39, 0.29) is 11.5 Å². The molecule has 2 N–H and O–H groups in total. The lowest BCUT2D eigenvalue weighted by Crippen LogP contribution is -2.17. The second-order valence-electron chi connectivity index (χ2n) is 3.80. The van der Waals surface area contributed by atoms with Gasteiger partial charge in [0.25, 0.3) is 0 Å². The number of rotatable bonds is 4. The number of benzene rings is 1. The third-order valence-electron chi connectivity index (χ3n) is 2.69. The Labute approximate surface area is 114 Å². The topological polar surface area (TPSA) is 88.4 Å². The quantitative estimate of drug-likeness (QED) is 0.867. The Kier molecular flexibility index (Phi) is 3.84. The molecule has 0 saturated heterocycles. The van der Waals surface area contributed by atoms with E-state index in [1.165, 1.54) is 26.0 Å². The molecule has 0 aromatic heterocycles. The van der Waals surface area contributed by atoms with E-state index in [1.54, 1.807) is 12.1 Å². The summed E-state index contributed by atoms with van der Waals surface area (Å²) in [7, 11) is 2.89. The van der Waals surface area contributed by atoms with E-state index in [2.05, 4.69) is 4.99 Å². The molecular formula is C12H13NO5S. The van der Waals surface area contributed by atoms with Crippen molar-refractivity contribution in [2.75, 3.05) is 20.0 Å². The van der Waals surface area contributed by atoms with Gasteiger partial charge in [-0.15, -0.1) is 11.8 Å². The SMILES string of the molecule is COc1ccc(C2=NC(C(=O)O)CS2)c(O)c1OC. The average molecular weight is 283 g/mol. The maximum atomic E-state index is 10.9. The Hall–Kier alpha value is -1.89. The van der Waals surface area contributed by atoms with E-state index in [9.17, 15) is 9.90 Å². The fourth-order valence-corrected chi connectivity index (χ4v) is 2.79. The zero-order valence-electron chi connectivity index (χ0n) is 10.4. The summed E-state index contributed by atoms with van der Waals surface area (Å²) in [6.07, 6.45) is 0.